The minimum Gasteiger partial charge on any atom is -0.497 e. The highest BCUT2D eigenvalue weighted by Crippen LogP contribution is 2.41. The maximum absolute atomic E-state index is 11.4. The first kappa shape index (κ1) is 10.2. The minimum atomic E-state index is -0.0935. The highest BCUT2D eigenvalue weighted by Gasteiger charge is 2.25. The first-order valence-corrected chi connectivity index (χ1v) is 5.45. The van der Waals surface area contributed by atoms with Crippen LogP contribution in [0.1, 0.15) is 6.92 Å². The number of fused-ring (bicyclic) bond motifs is 1. The molecule has 0 aromatic heterocycles. The molecule has 80 valence electrons. The lowest BCUT2D eigenvalue weighted by atomic mass is 10.2. The van der Waals surface area contributed by atoms with Gasteiger partial charge in [0, 0.05) is 11.0 Å². The number of benzene rings is 1. The van der Waals surface area contributed by atoms with E-state index in [0.717, 1.165) is 4.90 Å². The average Bonchev–Trinajstić information content (AvgIpc) is 2.21. The monoisotopic (exact) mass is 224 g/mol. The molecule has 15 heavy (non-hydrogen) atoms. The number of rotatable bonds is 1. The van der Waals surface area contributed by atoms with Gasteiger partial charge in [-0.15, -0.1) is 11.8 Å². The van der Waals surface area contributed by atoms with Crippen molar-refractivity contribution in [2.45, 2.75) is 17.1 Å². The van der Waals surface area contributed by atoms with Crippen LogP contribution in [0, 0.1) is 0 Å². The summed E-state index contributed by atoms with van der Waals surface area (Å²) in [5.41, 5.74) is 7.05. The van der Waals surface area contributed by atoms with Crippen LogP contribution >= 0.6 is 11.8 Å². The zero-order chi connectivity index (χ0) is 11.0. The van der Waals surface area contributed by atoms with Gasteiger partial charge in [-0.1, -0.05) is 0 Å². The topological polar surface area (TPSA) is 64.3 Å². The second-order valence-corrected chi connectivity index (χ2v) is 4.72. The predicted molar refractivity (Wildman–Crippen MR) is 61.4 cm³/mol. The third-order valence-electron chi connectivity index (χ3n) is 2.26. The molecule has 1 heterocycles. The number of anilines is 2. The molecule has 1 aliphatic rings. The SMILES string of the molecule is COc1cc(N)c2c(c1)SC(C)C(=O)N2. The Hall–Kier alpha value is -1.36. The zero-order valence-electron chi connectivity index (χ0n) is 8.53. The van der Waals surface area contributed by atoms with Crippen LogP contribution in [0.3, 0.4) is 0 Å². The quantitative estimate of drug-likeness (QED) is 0.713. The number of carbonyl (C=O) groups excluding carboxylic acids is 1. The molecule has 1 atom stereocenters. The zero-order valence-corrected chi connectivity index (χ0v) is 9.35. The maximum atomic E-state index is 11.4. The Labute approximate surface area is 92.2 Å². The molecule has 1 aromatic carbocycles. The second kappa shape index (κ2) is 3.66. The van der Waals surface area contributed by atoms with Gasteiger partial charge in [0.05, 0.1) is 23.7 Å². The van der Waals surface area contributed by atoms with Gasteiger partial charge < -0.3 is 15.8 Å². The van der Waals surface area contributed by atoms with Gasteiger partial charge in [0.2, 0.25) is 5.91 Å². The molecule has 0 aliphatic carbocycles. The standard InChI is InChI=1S/C10H12N2O2S/c1-5-10(13)12-9-7(11)3-6(14-2)4-8(9)15-5/h3-5H,11H2,1-2H3,(H,12,13). The molecular weight excluding hydrogens is 212 g/mol. The van der Waals surface area contributed by atoms with Gasteiger partial charge in [-0.3, -0.25) is 4.79 Å². The molecule has 1 aliphatic heterocycles. The number of methoxy groups -OCH3 is 1. The van der Waals surface area contributed by atoms with Crippen LogP contribution in [-0.4, -0.2) is 18.3 Å². The molecule has 2 rings (SSSR count). The molecule has 0 saturated heterocycles. The molecular formula is C10H12N2O2S. The van der Waals surface area contributed by atoms with E-state index in [1.54, 1.807) is 13.2 Å². The van der Waals surface area contributed by atoms with Gasteiger partial charge in [0.1, 0.15) is 5.75 Å². The number of nitrogen functional groups attached to an aromatic ring is 1. The number of carbonyl (C=O) groups is 1. The van der Waals surface area contributed by atoms with Crippen molar-refractivity contribution in [2.24, 2.45) is 0 Å². The highest BCUT2D eigenvalue weighted by molar-refractivity contribution is 8.01. The summed E-state index contributed by atoms with van der Waals surface area (Å²) in [5.74, 6) is 0.700. The third-order valence-corrected chi connectivity index (χ3v) is 3.41. The van der Waals surface area contributed by atoms with E-state index in [1.807, 2.05) is 13.0 Å². The summed E-state index contributed by atoms with van der Waals surface area (Å²) in [6, 6.07) is 3.59. The van der Waals surface area contributed by atoms with E-state index in [0.29, 0.717) is 17.1 Å². The molecule has 0 radical (unpaired) electrons. The van der Waals surface area contributed by atoms with E-state index >= 15 is 0 Å². The summed E-state index contributed by atoms with van der Waals surface area (Å²) in [7, 11) is 1.59. The number of hydrogen-bond acceptors (Lipinski definition) is 4. The summed E-state index contributed by atoms with van der Waals surface area (Å²) >= 11 is 1.49. The minimum absolute atomic E-state index is 0.00985. The number of amides is 1. The van der Waals surface area contributed by atoms with Crippen LogP contribution in [0.4, 0.5) is 11.4 Å². The molecule has 3 N–H and O–H groups in total. The van der Waals surface area contributed by atoms with Crippen molar-refractivity contribution in [3.63, 3.8) is 0 Å². The van der Waals surface area contributed by atoms with Gasteiger partial charge >= 0.3 is 0 Å². The van der Waals surface area contributed by atoms with E-state index in [1.165, 1.54) is 11.8 Å². The fourth-order valence-electron chi connectivity index (χ4n) is 1.42. The number of ether oxygens (including phenoxy) is 1. The fourth-order valence-corrected chi connectivity index (χ4v) is 2.44. The Morgan fingerprint density at radius 2 is 2.27 bits per heavy atom. The van der Waals surface area contributed by atoms with Gasteiger partial charge in [0.15, 0.2) is 0 Å². The Morgan fingerprint density at radius 3 is 2.93 bits per heavy atom. The first-order chi connectivity index (χ1) is 7.11. The normalized spacial score (nSPS) is 19.3. The van der Waals surface area contributed by atoms with Gasteiger partial charge in [-0.05, 0) is 13.0 Å². The number of nitrogens with two attached hydrogens (primary N) is 1. The summed E-state index contributed by atoms with van der Waals surface area (Å²) in [6.07, 6.45) is 0. The number of thioether (sulfide) groups is 1. The summed E-state index contributed by atoms with van der Waals surface area (Å²) < 4.78 is 5.12. The molecule has 0 bridgehead atoms. The van der Waals surface area contributed by atoms with Crippen LogP contribution in [0.2, 0.25) is 0 Å². The molecule has 1 amide bonds. The van der Waals surface area contributed by atoms with E-state index in [-0.39, 0.29) is 11.2 Å². The van der Waals surface area contributed by atoms with E-state index in [4.69, 9.17) is 10.5 Å². The number of nitrogens with one attached hydrogen (secondary N) is 1. The van der Waals surface area contributed by atoms with Gasteiger partial charge in [-0.2, -0.15) is 0 Å². The first-order valence-electron chi connectivity index (χ1n) is 4.57. The van der Waals surface area contributed by atoms with Crippen molar-refractivity contribution in [3.05, 3.63) is 12.1 Å². The van der Waals surface area contributed by atoms with Crippen molar-refractivity contribution in [3.8, 4) is 5.75 Å². The van der Waals surface area contributed by atoms with Crippen molar-refractivity contribution in [2.75, 3.05) is 18.2 Å². The molecule has 1 aromatic rings. The smallest absolute Gasteiger partial charge is 0.237 e. The Morgan fingerprint density at radius 1 is 1.53 bits per heavy atom. The highest BCUT2D eigenvalue weighted by atomic mass is 32.2. The summed E-state index contributed by atoms with van der Waals surface area (Å²) in [5, 5.41) is 2.70. The molecule has 0 fully saturated rings. The van der Waals surface area contributed by atoms with E-state index in [2.05, 4.69) is 5.32 Å². The summed E-state index contributed by atoms with van der Waals surface area (Å²) in [6.45, 7) is 1.86. The lowest BCUT2D eigenvalue weighted by Crippen LogP contribution is -2.27. The van der Waals surface area contributed by atoms with Crippen LogP contribution in [0.25, 0.3) is 0 Å². The Bertz CT molecular complexity index is 420. The molecule has 0 saturated carbocycles. The summed E-state index contributed by atoms with van der Waals surface area (Å²) in [4.78, 5) is 12.4. The molecule has 1 unspecified atom stereocenters. The van der Waals surface area contributed by atoms with E-state index < -0.39 is 0 Å². The van der Waals surface area contributed by atoms with Crippen molar-refractivity contribution >= 4 is 29.0 Å². The van der Waals surface area contributed by atoms with Crippen LogP contribution in [-0.2, 0) is 4.79 Å². The molecule has 5 heteroatoms. The van der Waals surface area contributed by atoms with Crippen molar-refractivity contribution in [1.29, 1.82) is 0 Å². The van der Waals surface area contributed by atoms with Crippen LogP contribution < -0.4 is 15.8 Å². The molecule has 0 spiro atoms. The lowest BCUT2D eigenvalue weighted by Gasteiger charge is -2.23. The fraction of sp³-hybridized carbons (Fsp3) is 0.300. The predicted octanol–water partition coefficient (Wildman–Crippen LogP) is 1.71. The Balaban J connectivity index is 2.48. The largest absolute Gasteiger partial charge is 0.497 e. The number of hydrogen-bond donors (Lipinski definition) is 2. The van der Waals surface area contributed by atoms with Crippen LogP contribution in [0.15, 0.2) is 17.0 Å². The van der Waals surface area contributed by atoms with Crippen LogP contribution in [0.5, 0.6) is 5.75 Å². The van der Waals surface area contributed by atoms with Gasteiger partial charge in [0.25, 0.3) is 0 Å². The lowest BCUT2D eigenvalue weighted by molar-refractivity contribution is -0.115. The van der Waals surface area contributed by atoms with Crippen molar-refractivity contribution in [1.82, 2.24) is 0 Å². The third kappa shape index (κ3) is 1.74. The van der Waals surface area contributed by atoms with Crippen molar-refractivity contribution < 1.29 is 9.53 Å². The van der Waals surface area contributed by atoms with E-state index in [9.17, 15) is 4.79 Å². The molecule has 4 nitrogen and oxygen atoms in total. The maximum Gasteiger partial charge on any atom is 0.237 e. The van der Waals surface area contributed by atoms with Gasteiger partial charge in [-0.25, -0.2) is 0 Å². The second-order valence-electron chi connectivity index (χ2n) is 3.34. The Kier molecular flexibility index (Phi) is 2.48. The average molecular weight is 224 g/mol.